The minimum atomic E-state index is -3.88. The molecule has 3 atom stereocenters. The first-order valence-corrected chi connectivity index (χ1v) is 12.8. The van der Waals surface area contributed by atoms with Crippen LogP contribution in [0.4, 0.5) is 11.4 Å². The van der Waals surface area contributed by atoms with Gasteiger partial charge in [0.1, 0.15) is 6.23 Å². The van der Waals surface area contributed by atoms with E-state index >= 15 is 0 Å². The molecule has 10 heteroatoms. The molecule has 0 N–H and O–H groups in total. The van der Waals surface area contributed by atoms with Crippen molar-refractivity contribution in [1.82, 2.24) is 9.88 Å². The van der Waals surface area contributed by atoms with E-state index in [1.807, 2.05) is 31.0 Å². The second-order valence-corrected chi connectivity index (χ2v) is 10.8. The predicted octanol–water partition coefficient (Wildman–Crippen LogP) is 3.69. The Hall–Kier alpha value is -3.34. The van der Waals surface area contributed by atoms with Crippen molar-refractivity contribution in [2.24, 2.45) is 11.8 Å². The van der Waals surface area contributed by atoms with E-state index in [0.717, 1.165) is 24.3 Å². The van der Waals surface area contributed by atoms with Gasteiger partial charge in [-0.25, -0.2) is 4.18 Å². The van der Waals surface area contributed by atoms with E-state index < -0.39 is 21.3 Å². The summed E-state index contributed by atoms with van der Waals surface area (Å²) in [7, 11) is -1.98. The summed E-state index contributed by atoms with van der Waals surface area (Å²) < 4.78 is 31.6. The van der Waals surface area contributed by atoms with Crippen LogP contribution in [0, 0.1) is 28.9 Å². The second kappa shape index (κ2) is 9.03. The van der Waals surface area contributed by atoms with E-state index in [2.05, 4.69) is 9.88 Å². The van der Waals surface area contributed by atoms with Crippen LogP contribution in [0.5, 0.6) is 0 Å². The largest absolute Gasteiger partial charge is 0.370 e. The smallest absolute Gasteiger partial charge is 0.298 e. The van der Waals surface area contributed by atoms with Crippen LogP contribution in [-0.2, 0) is 14.3 Å². The number of fused-ring (bicyclic) bond motifs is 1. The maximum Gasteiger partial charge on any atom is 0.298 e. The first-order valence-electron chi connectivity index (χ1n) is 11.4. The monoisotopic (exact) mass is 494 g/mol. The highest BCUT2D eigenvalue weighted by molar-refractivity contribution is 7.86. The van der Waals surface area contributed by atoms with Crippen molar-refractivity contribution < 1.29 is 17.5 Å². The first kappa shape index (κ1) is 23.4. The summed E-state index contributed by atoms with van der Waals surface area (Å²) in [6.07, 6.45) is 1.23. The third-order valence-corrected chi connectivity index (χ3v) is 8.12. The quantitative estimate of drug-likeness (QED) is 0.290. The van der Waals surface area contributed by atoms with E-state index in [1.165, 1.54) is 12.1 Å². The van der Waals surface area contributed by atoms with Gasteiger partial charge in [-0.05, 0) is 44.2 Å². The Bertz CT molecular complexity index is 1350. The molecule has 2 aliphatic heterocycles. The Morgan fingerprint density at radius 3 is 2.51 bits per heavy atom. The number of hydrogen-bond acceptors (Lipinski definition) is 8. The highest BCUT2D eigenvalue weighted by Gasteiger charge is 2.48. The van der Waals surface area contributed by atoms with Gasteiger partial charge in [0.15, 0.2) is 0 Å². The van der Waals surface area contributed by atoms with Crippen molar-refractivity contribution in [2.45, 2.75) is 18.0 Å². The molecule has 35 heavy (non-hydrogen) atoms. The summed E-state index contributed by atoms with van der Waals surface area (Å²) in [6, 6.07) is 16.9. The molecule has 2 aliphatic rings. The van der Waals surface area contributed by atoms with Gasteiger partial charge < -0.3 is 4.90 Å². The van der Waals surface area contributed by atoms with Crippen molar-refractivity contribution in [2.75, 3.05) is 31.6 Å². The van der Waals surface area contributed by atoms with Gasteiger partial charge in [0.2, 0.25) is 0 Å². The lowest BCUT2D eigenvalue weighted by Gasteiger charge is -2.26. The maximum atomic E-state index is 12.9. The lowest BCUT2D eigenvalue weighted by molar-refractivity contribution is -0.384. The van der Waals surface area contributed by atoms with Crippen molar-refractivity contribution in [3.63, 3.8) is 0 Å². The summed E-state index contributed by atoms with van der Waals surface area (Å²) in [5.41, 5.74) is 3.27. The lowest BCUT2D eigenvalue weighted by atomic mass is 10.00. The lowest BCUT2D eigenvalue weighted by Crippen LogP contribution is -2.37. The molecule has 3 unspecified atom stereocenters. The normalized spacial score (nSPS) is 22.3. The van der Waals surface area contributed by atoms with Crippen LogP contribution >= 0.6 is 0 Å². The number of nitro benzene ring substituents is 1. The SMILES string of the molecule is Cc1ccc(S(=O)(=O)OC2C3CN(c4ccc(-c5cccc([N+](=O)[O-])c5)nc4)CC3CN2C)cc1. The van der Waals surface area contributed by atoms with Crippen molar-refractivity contribution in [3.8, 4) is 11.3 Å². The van der Waals surface area contributed by atoms with Crippen molar-refractivity contribution in [3.05, 3.63) is 82.5 Å². The molecular formula is C25H26N4O5S. The van der Waals surface area contributed by atoms with Crippen LogP contribution in [0.15, 0.2) is 71.8 Å². The summed E-state index contributed by atoms with van der Waals surface area (Å²) >= 11 is 0. The van der Waals surface area contributed by atoms with E-state index in [4.69, 9.17) is 4.18 Å². The second-order valence-electron chi connectivity index (χ2n) is 9.23. The van der Waals surface area contributed by atoms with Gasteiger partial charge in [-0.2, -0.15) is 8.42 Å². The molecule has 3 aromatic rings. The molecule has 2 fully saturated rings. The number of nitrogens with zero attached hydrogens (tertiary/aromatic N) is 4. The summed E-state index contributed by atoms with van der Waals surface area (Å²) in [5.74, 6) is 0.311. The summed E-state index contributed by atoms with van der Waals surface area (Å²) in [5, 5.41) is 11.1. The molecule has 0 aliphatic carbocycles. The van der Waals surface area contributed by atoms with Gasteiger partial charge in [0, 0.05) is 43.2 Å². The highest BCUT2D eigenvalue weighted by Crippen LogP contribution is 2.39. The number of anilines is 1. The summed E-state index contributed by atoms with van der Waals surface area (Å²) in [4.78, 5) is 19.5. The van der Waals surface area contributed by atoms with E-state index in [0.29, 0.717) is 17.8 Å². The Morgan fingerprint density at radius 2 is 1.83 bits per heavy atom. The number of aromatic nitrogens is 1. The molecule has 0 saturated carbocycles. The molecule has 0 spiro atoms. The topological polar surface area (TPSA) is 106 Å². The molecular weight excluding hydrogens is 468 g/mol. The minimum Gasteiger partial charge on any atom is -0.370 e. The Morgan fingerprint density at radius 1 is 1.06 bits per heavy atom. The Balaban J connectivity index is 1.30. The average Bonchev–Trinajstić information content (AvgIpc) is 3.37. The average molecular weight is 495 g/mol. The van der Waals surface area contributed by atoms with Gasteiger partial charge in [0.25, 0.3) is 15.8 Å². The Kier molecular flexibility index (Phi) is 6.04. The van der Waals surface area contributed by atoms with Gasteiger partial charge in [0.05, 0.1) is 27.4 Å². The van der Waals surface area contributed by atoms with E-state index in [9.17, 15) is 18.5 Å². The van der Waals surface area contributed by atoms with Gasteiger partial charge in [-0.15, -0.1) is 0 Å². The third-order valence-electron chi connectivity index (χ3n) is 6.82. The third kappa shape index (κ3) is 4.64. The number of non-ortho nitro benzene ring substituents is 1. The molecule has 5 rings (SSSR count). The molecule has 2 saturated heterocycles. The van der Waals surface area contributed by atoms with Crippen LogP contribution in [0.3, 0.4) is 0 Å². The zero-order valence-corrected chi connectivity index (χ0v) is 20.3. The zero-order chi connectivity index (χ0) is 24.7. The molecule has 0 bridgehead atoms. The standard InChI is InChI=1S/C25H26N4O5S/c1-17-6-9-22(10-7-17)35(32,33)34-25-23-16-28(15-19(23)14-27(25)2)21-8-11-24(26-13-21)18-4-3-5-20(12-18)29(30)31/h3-13,19,23,25H,14-16H2,1-2H3. The molecule has 9 nitrogen and oxygen atoms in total. The van der Waals surface area contributed by atoms with Crippen LogP contribution < -0.4 is 4.90 Å². The molecule has 2 aromatic carbocycles. The minimum absolute atomic E-state index is 0.0245. The first-order chi connectivity index (χ1) is 16.7. The predicted molar refractivity (Wildman–Crippen MR) is 131 cm³/mol. The van der Waals surface area contributed by atoms with Crippen molar-refractivity contribution in [1.29, 1.82) is 0 Å². The van der Waals surface area contributed by atoms with Crippen LogP contribution in [0.1, 0.15) is 5.56 Å². The van der Waals surface area contributed by atoms with Crippen molar-refractivity contribution >= 4 is 21.5 Å². The van der Waals surface area contributed by atoms with Gasteiger partial charge in [-0.1, -0.05) is 29.8 Å². The number of likely N-dealkylation sites (tertiary alicyclic amines) is 1. The van der Waals surface area contributed by atoms with Gasteiger partial charge in [-0.3, -0.25) is 20.0 Å². The maximum absolute atomic E-state index is 12.9. The Labute approximate surface area is 204 Å². The molecule has 0 radical (unpaired) electrons. The molecule has 182 valence electrons. The zero-order valence-electron chi connectivity index (χ0n) is 19.4. The number of hydrogen-bond donors (Lipinski definition) is 0. The van der Waals surface area contributed by atoms with Crippen LogP contribution in [0.25, 0.3) is 11.3 Å². The number of benzene rings is 2. The van der Waals surface area contributed by atoms with Crippen LogP contribution in [0.2, 0.25) is 0 Å². The number of aryl methyl sites for hydroxylation is 1. The summed E-state index contributed by atoms with van der Waals surface area (Å²) in [6.45, 7) is 4.08. The van der Waals surface area contributed by atoms with Crippen LogP contribution in [-0.4, -0.2) is 56.1 Å². The number of pyridine rings is 1. The fourth-order valence-electron chi connectivity index (χ4n) is 4.98. The molecule has 1 aromatic heterocycles. The van der Waals surface area contributed by atoms with E-state index in [1.54, 1.807) is 42.6 Å². The number of nitro groups is 1. The fraction of sp³-hybridized carbons (Fsp3) is 0.320. The van der Waals surface area contributed by atoms with Gasteiger partial charge >= 0.3 is 0 Å². The highest BCUT2D eigenvalue weighted by atomic mass is 32.2. The number of rotatable bonds is 6. The molecule has 3 heterocycles. The fourth-order valence-corrected chi connectivity index (χ4v) is 6.11. The molecule has 0 amide bonds. The van der Waals surface area contributed by atoms with E-state index in [-0.39, 0.29) is 22.4 Å².